The average Bonchev–Trinajstić information content (AvgIpc) is 2.54. The van der Waals surface area contributed by atoms with Gasteiger partial charge in [-0.2, -0.15) is 0 Å². The van der Waals surface area contributed by atoms with Crippen molar-refractivity contribution in [3.63, 3.8) is 0 Å². The highest BCUT2D eigenvalue weighted by molar-refractivity contribution is 5.39. The Kier molecular flexibility index (Phi) is 5.28. The van der Waals surface area contributed by atoms with Crippen LogP contribution in [0.1, 0.15) is 44.7 Å². The molecule has 21 heavy (non-hydrogen) atoms. The van der Waals surface area contributed by atoms with Crippen molar-refractivity contribution in [3.8, 4) is 5.75 Å². The molecule has 1 aliphatic rings. The molecule has 0 bridgehead atoms. The van der Waals surface area contributed by atoms with Gasteiger partial charge in [-0.15, -0.1) is 0 Å². The Bertz CT molecular complexity index is 474. The van der Waals surface area contributed by atoms with E-state index >= 15 is 0 Å². The summed E-state index contributed by atoms with van der Waals surface area (Å²) in [6.07, 6.45) is 4.47. The van der Waals surface area contributed by atoms with Crippen LogP contribution in [0.3, 0.4) is 0 Å². The Morgan fingerprint density at radius 1 is 1.33 bits per heavy atom. The van der Waals surface area contributed by atoms with Crippen molar-refractivity contribution >= 4 is 0 Å². The number of methoxy groups -OCH3 is 1. The highest BCUT2D eigenvalue weighted by atomic mass is 16.5. The standard InChI is InChI=1S/C18H30N2O/c1-5-14(3)20(6-2)18(13-19)10-9-15-7-8-17(21-4)11-16(15)12-18/h7-8,11,14H,5-6,9-10,12-13,19H2,1-4H3. The third kappa shape index (κ3) is 3.09. The van der Waals surface area contributed by atoms with Crippen LogP contribution in [-0.2, 0) is 12.8 Å². The molecule has 3 nitrogen and oxygen atoms in total. The maximum absolute atomic E-state index is 6.26. The van der Waals surface area contributed by atoms with Gasteiger partial charge in [0.15, 0.2) is 0 Å². The Morgan fingerprint density at radius 2 is 2.10 bits per heavy atom. The van der Waals surface area contributed by atoms with Gasteiger partial charge in [0, 0.05) is 18.1 Å². The molecule has 0 aliphatic heterocycles. The number of aryl methyl sites for hydroxylation is 1. The molecule has 118 valence electrons. The normalized spacial score (nSPS) is 23.0. The maximum atomic E-state index is 6.26. The summed E-state index contributed by atoms with van der Waals surface area (Å²) in [5, 5.41) is 0. The lowest BCUT2D eigenvalue weighted by molar-refractivity contribution is 0.0460. The molecule has 1 aromatic rings. The molecule has 1 aromatic carbocycles. The van der Waals surface area contributed by atoms with Gasteiger partial charge in [-0.05, 0) is 62.4 Å². The summed E-state index contributed by atoms with van der Waals surface area (Å²) in [4.78, 5) is 2.62. The van der Waals surface area contributed by atoms with Crippen molar-refractivity contribution in [3.05, 3.63) is 29.3 Å². The van der Waals surface area contributed by atoms with Crippen LogP contribution >= 0.6 is 0 Å². The number of nitrogens with two attached hydrogens (primary N) is 1. The second kappa shape index (κ2) is 6.80. The summed E-state index contributed by atoms with van der Waals surface area (Å²) in [7, 11) is 1.73. The molecule has 0 saturated heterocycles. The molecular weight excluding hydrogens is 260 g/mol. The average molecular weight is 290 g/mol. The molecular formula is C18H30N2O. The van der Waals surface area contributed by atoms with E-state index < -0.39 is 0 Å². The minimum atomic E-state index is 0.101. The first-order valence-electron chi connectivity index (χ1n) is 8.22. The first-order chi connectivity index (χ1) is 10.1. The van der Waals surface area contributed by atoms with Crippen LogP contribution in [0.25, 0.3) is 0 Å². The lowest BCUT2D eigenvalue weighted by atomic mass is 9.76. The maximum Gasteiger partial charge on any atom is 0.119 e. The third-order valence-electron chi connectivity index (χ3n) is 5.25. The Balaban J connectivity index is 2.33. The molecule has 1 aliphatic carbocycles. The van der Waals surface area contributed by atoms with E-state index in [0.717, 1.165) is 38.1 Å². The predicted octanol–water partition coefficient (Wildman–Crippen LogP) is 3.00. The molecule has 2 N–H and O–H groups in total. The van der Waals surface area contributed by atoms with Crippen LogP contribution in [0, 0.1) is 0 Å². The van der Waals surface area contributed by atoms with E-state index in [9.17, 15) is 0 Å². The van der Waals surface area contributed by atoms with Gasteiger partial charge in [-0.25, -0.2) is 0 Å². The van der Waals surface area contributed by atoms with E-state index in [1.807, 2.05) is 0 Å². The lowest BCUT2D eigenvalue weighted by Gasteiger charge is -2.49. The fourth-order valence-corrected chi connectivity index (χ4v) is 3.82. The molecule has 0 saturated carbocycles. The first-order valence-corrected chi connectivity index (χ1v) is 8.22. The molecule has 0 fully saturated rings. The number of ether oxygens (including phenoxy) is 1. The largest absolute Gasteiger partial charge is 0.497 e. The molecule has 0 spiro atoms. The van der Waals surface area contributed by atoms with E-state index in [1.165, 1.54) is 17.5 Å². The molecule has 0 radical (unpaired) electrons. The van der Waals surface area contributed by atoms with E-state index in [0.29, 0.717) is 6.04 Å². The second-order valence-electron chi connectivity index (χ2n) is 6.28. The highest BCUT2D eigenvalue weighted by Crippen LogP contribution is 2.35. The SMILES string of the molecule is CCC(C)N(CC)C1(CN)CCc2ccc(OC)cc2C1. The monoisotopic (exact) mass is 290 g/mol. The molecule has 2 unspecified atom stereocenters. The topological polar surface area (TPSA) is 38.5 Å². The summed E-state index contributed by atoms with van der Waals surface area (Å²) in [5.74, 6) is 0.952. The third-order valence-corrected chi connectivity index (χ3v) is 5.25. The van der Waals surface area contributed by atoms with Gasteiger partial charge in [0.2, 0.25) is 0 Å². The Hall–Kier alpha value is -1.06. The quantitative estimate of drug-likeness (QED) is 0.875. The summed E-state index contributed by atoms with van der Waals surface area (Å²) in [5.41, 5.74) is 9.23. The first kappa shape index (κ1) is 16.3. The Morgan fingerprint density at radius 3 is 2.67 bits per heavy atom. The van der Waals surface area contributed by atoms with Crippen molar-refractivity contribution < 1.29 is 4.74 Å². The number of fused-ring (bicyclic) bond motifs is 1. The predicted molar refractivity (Wildman–Crippen MR) is 88.9 cm³/mol. The van der Waals surface area contributed by atoms with Crippen molar-refractivity contribution in [2.75, 3.05) is 20.2 Å². The molecule has 3 heteroatoms. The van der Waals surface area contributed by atoms with Gasteiger partial charge in [0.25, 0.3) is 0 Å². The van der Waals surface area contributed by atoms with Gasteiger partial charge >= 0.3 is 0 Å². The fourth-order valence-electron chi connectivity index (χ4n) is 3.82. The van der Waals surface area contributed by atoms with Gasteiger partial charge < -0.3 is 10.5 Å². The lowest BCUT2D eigenvalue weighted by Crippen LogP contribution is -2.59. The van der Waals surface area contributed by atoms with E-state index in [2.05, 4.69) is 43.9 Å². The fraction of sp³-hybridized carbons (Fsp3) is 0.667. The summed E-state index contributed by atoms with van der Waals surface area (Å²) < 4.78 is 5.39. The van der Waals surface area contributed by atoms with Crippen molar-refractivity contribution in [1.29, 1.82) is 0 Å². The second-order valence-corrected chi connectivity index (χ2v) is 6.28. The number of hydrogen-bond acceptors (Lipinski definition) is 3. The summed E-state index contributed by atoms with van der Waals surface area (Å²) in [6, 6.07) is 7.06. The Labute approximate surface area is 129 Å². The number of rotatable bonds is 6. The van der Waals surface area contributed by atoms with E-state index in [-0.39, 0.29) is 5.54 Å². The molecule has 2 rings (SSSR count). The van der Waals surface area contributed by atoms with Crippen LogP contribution < -0.4 is 10.5 Å². The highest BCUT2D eigenvalue weighted by Gasteiger charge is 2.39. The van der Waals surface area contributed by atoms with Gasteiger partial charge in [-0.1, -0.05) is 19.9 Å². The zero-order valence-corrected chi connectivity index (χ0v) is 14.0. The molecule has 0 amide bonds. The van der Waals surface area contributed by atoms with Crippen molar-refractivity contribution in [2.45, 2.75) is 58.0 Å². The molecule has 0 aromatic heterocycles. The van der Waals surface area contributed by atoms with Gasteiger partial charge in [0.1, 0.15) is 5.75 Å². The zero-order valence-electron chi connectivity index (χ0n) is 14.0. The number of nitrogens with zero attached hydrogens (tertiary/aromatic N) is 1. The summed E-state index contributed by atoms with van der Waals surface area (Å²) in [6.45, 7) is 8.62. The minimum absolute atomic E-state index is 0.101. The number of benzene rings is 1. The van der Waals surface area contributed by atoms with Gasteiger partial charge in [-0.3, -0.25) is 4.90 Å². The number of likely N-dealkylation sites (N-methyl/N-ethyl adjacent to an activating group) is 1. The van der Waals surface area contributed by atoms with Crippen LogP contribution in [-0.4, -0.2) is 36.7 Å². The smallest absolute Gasteiger partial charge is 0.119 e. The van der Waals surface area contributed by atoms with Crippen molar-refractivity contribution in [1.82, 2.24) is 4.90 Å². The summed E-state index contributed by atoms with van der Waals surface area (Å²) >= 11 is 0. The molecule has 2 atom stereocenters. The van der Waals surface area contributed by atoms with Crippen LogP contribution in [0.15, 0.2) is 18.2 Å². The van der Waals surface area contributed by atoms with Crippen molar-refractivity contribution in [2.24, 2.45) is 5.73 Å². The zero-order chi connectivity index (χ0) is 15.5. The van der Waals surface area contributed by atoms with Crippen LogP contribution in [0.5, 0.6) is 5.75 Å². The van der Waals surface area contributed by atoms with Crippen LogP contribution in [0.4, 0.5) is 0 Å². The van der Waals surface area contributed by atoms with Crippen LogP contribution in [0.2, 0.25) is 0 Å². The molecule has 0 heterocycles. The van der Waals surface area contributed by atoms with E-state index in [1.54, 1.807) is 7.11 Å². The van der Waals surface area contributed by atoms with Gasteiger partial charge in [0.05, 0.1) is 7.11 Å². The number of hydrogen-bond donors (Lipinski definition) is 1. The minimum Gasteiger partial charge on any atom is -0.497 e. The van der Waals surface area contributed by atoms with E-state index in [4.69, 9.17) is 10.5 Å².